The maximum Gasteiger partial charge on any atom is 0.265 e. The van der Waals surface area contributed by atoms with Gasteiger partial charge in [0, 0.05) is 23.9 Å². The molecule has 4 heterocycles. The smallest absolute Gasteiger partial charge is 0.265 e. The van der Waals surface area contributed by atoms with Gasteiger partial charge in [0.2, 0.25) is 0 Å². The summed E-state index contributed by atoms with van der Waals surface area (Å²) in [5.41, 5.74) is 9.57. The number of rotatable bonds is 7. The second-order valence-corrected chi connectivity index (χ2v) is 13.0. The molecule has 1 saturated heterocycles. The normalized spacial score (nSPS) is 17.4. The number of aliphatic imine (C=N–C) groups is 1. The van der Waals surface area contributed by atoms with E-state index in [0.29, 0.717) is 66.8 Å². The number of pyridine rings is 1. The average molecular weight is 664 g/mol. The molecule has 0 unspecified atom stereocenters. The molecule has 0 amide bonds. The van der Waals surface area contributed by atoms with Crippen LogP contribution in [0.4, 0.5) is 24.7 Å². The number of benzene rings is 2. The largest absolute Gasteiger partial charge is 0.384 e. The molecule has 0 saturated carbocycles. The van der Waals surface area contributed by atoms with Gasteiger partial charge in [0.25, 0.3) is 10.0 Å². The van der Waals surface area contributed by atoms with E-state index in [4.69, 9.17) is 25.4 Å². The van der Waals surface area contributed by atoms with E-state index in [1.807, 2.05) is 25.5 Å². The molecule has 2 aliphatic heterocycles. The summed E-state index contributed by atoms with van der Waals surface area (Å²) in [5, 5.41) is 0. The van der Waals surface area contributed by atoms with Crippen molar-refractivity contribution in [2.75, 3.05) is 29.4 Å². The van der Waals surface area contributed by atoms with Gasteiger partial charge in [-0.15, -0.1) is 0 Å². The molecule has 1 atom stereocenters. The Bertz CT molecular complexity index is 2100. The predicted molar refractivity (Wildman–Crippen MR) is 175 cm³/mol. The first-order chi connectivity index (χ1) is 22.5. The SMILES string of the molecule is CCC1=C(N)N=CC(c2nc(N3CCOC[C@@H]3C)c3nc(-c4cccc(NS(=O)(=O)c5cc(F)ccc5F)c4F)ccc3n2)=C(C)C1. The molecule has 2 aromatic carbocycles. The third-order valence-corrected chi connectivity index (χ3v) is 9.55. The van der Waals surface area contributed by atoms with Crippen molar-refractivity contribution in [1.82, 2.24) is 15.0 Å². The zero-order valence-electron chi connectivity index (χ0n) is 25.9. The zero-order chi connectivity index (χ0) is 33.5. The highest BCUT2D eigenvalue weighted by Gasteiger charge is 2.27. The number of ether oxygens (including phenoxy) is 1. The third kappa shape index (κ3) is 6.30. The van der Waals surface area contributed by atoms with E-state index in [1.165, 1.54) is 18.2 Å². The van der Waals surface area contributed by atoms with Gasteiger partial charge in [-0.2, -0.15) is 0 Å². The van der Waals surface area contributed by atoms with Crippen LogP contribution >= 0.6 is 0 Å². The lowest BCUT2D eigenvalue weighted by Gasteiger charge is -2.34. The van der Waals surface area contributed by atoms with Gasteiger partial charge in [-0.25, -0.2) is 41.5 Å². The Kier molecular flexibility index (Phi) is 8.72. The van der Waals surface area contributed by atoms with E-state index in [9.17, 15) is 17.2 Å². The fourth-order valence-corrected chi connectivity index (χ4v) is 6.75. The van der Waals surface area contributed by atoms with Crippen LogP contribution in [0.5, 0.6) is 0 Å². The number of morpholine rings is 1. The number of fused-ring (bicyclic) bond motifs is 1. The summed E-state index contributed by atoms with van der Waals surface area (Å²) < 4.78 is 77.5. The minimum atomic E-state index is -4.67. The highest BCUT2D eigenvalue weighted by Crippen LogP contribution is 2.34. The van der Waals surface area contributed by atoms with Gasteiger partial charge >= 0.3 is 0 Å². The molecule has 3 N–H and O–H groups in total. The summed E-state index contributed by atoms with van der Waals surface area (Å²) in [6.45, 7) is 7.49. The Morgan fingerprint density at radius 3 is 2.66 bits per heavy atom. The fourth-order valence-electron chi connectivity index (χ4n) is 5.60. The highest BCUT2D eigenvalue weighted by atomic mass is 32.2. The maximum absolute atomic E-state index is 16.0. The van der Waals surface area contributed by atoms with Crippen LogP contribution in [0.3, 0.4) is 0 Å². The Morgan fingerprint density at radius 1 is 1.09 bits per heavy atom. The Morgan fingerprint density at radius 2 is 1.89 bits per heavy atom. The molecule has 10 nitrogen and oxygen atoms in total. The van der Waals surface area contributed by atoms with Crippen molar-refractivity contribution < 1.29 is 26.3 Å². The summed E-state index contributed by atoms with van der Waals surface area (Å²) in [5.74, 6) is -1.64. The third-order valence-electron chi connectivity index (χ3n) is 8.17. The number of sulfonamides is 1. The fraction of sp³-hybridized carbons (Fsp3) is 0.273. The number of hydrogen-bond donors (Lipinski definition) is 2. The minimum absolute atomic E-state index is 0.0278. The van der Waals surface area contributed by atoms with E-state index >= 15 is 4.39 Å². The summed E-state index contributed by atoms with van der Waals surface area (Å²) in [6, 6.07) is 9.27. The van der Waals surface area contributed by atoms with Crippen LogP contribution in [0.15, 0.2) is 75.4 Å². The minimum Gasteiger partial charge on any atom is -0.384 e. The summed E-state index contributed by atoms with van der Waals surface area (Å²) in [7, 11) is -4.67. The van der Waals surface area contributed by atoms with Crippen molar-refractivity contribution in [3.05, 3.63) is 88.8 Å². The predicted octanol–water partition coefficient (Wildman–Crippen LogP) is 5.96. The van der Waals surface area contributed by atoms with Gasteiger partial charge < -0.3 is 15.4 Å². The molecule has 2 aromatic heterocycles. The van der Waals surface area contributed by atoms with E-state index in [0.717, 1.165) is 29.2 Å². The molecule has 2 aliphatic rings. The summed E-state index contributed by atoms with van der Waals surface area (Å²) in [6.07, 6.45) is 3.07. The first kappa shape index (κ1) is 32.1. The van der Waals surface area contributed by atoms with Crippen LogP contribution in [0.1, 0.15) is 39.4 Å². The first-order valence-corrected chi connectivity index (χ1v) is 16.5. The van der Waals surface area contributed by atoms with Gasteiger partial charge in [-0.3, -0.25) is 4.72 Å². The number of nitrogens with zero attached hydrogens (tertiary/aromatic N) is 5. The number of allylic oxidation sites excluding steroid dienone is 3. The molecule has 47 heavy (non-hydrogen) atoms. The van der Waals surface area contributed by atoms with Gasteiger partial charge in [-0.05, 0) is 74.7 Å². The second kappa shape index (κ2) is 12.8. The molecular weight excluding hydrogens is 631 g/mol. The lowest BCUT2D eigenvalue weighted by atomic mass is 10.0. The number of anilines is 2. The van der Waals surface area contributed by atoms with E-state index in [1.54, 1.807) is 18.3 Å². The lowest BCUT2D eigenvalue weighted by molar-refractivity contribution is 0.0986. The van der Waals surface area contributed by atoms with Gasteiger partial charge in [0.15, 0.2) is 17.5 Å². The monoisotopic (exact) mass is 663 g/mol. The molecule has 0 bridgehead atoms. The van der Waals surface area contributed by atoms with Gasteiger partial charge in [0.05, 0.1) is 36.2 Å². The van der Waals surface area contributed by atoms with Crippen LogP contribution in [-0.2, 0) is 14.8 Å². The molecule has 0 radical (unpaired) electrons. The van der Waals surface area contributed by atoms with Crippen LogP contribution in [0.2, 0.25) is 0 Å². The topological polar surface area (TPSA) is 136 Å². The molecule has 0 spiro atoms. The summed E-state index contributed by atoms with van der Waals surface area (Å²) in [4.78, 5) is 20.2. The highest BCUT2D eigenvalue weighted by molar-refractivity contribution is 7.92. The lowest BCUT2D eigenvalue weighted by Crippen LogP contribution is -2.44. The Labute approximate surface area is 270 Å². The van der Waals surface area contributed by atoms with Crippen molar-refractivity contribution >= 4 is 44.3 Å². The van der Waals surface area contributed by atoms with Gasteiger partial charge in [-0.1, -0.05) is 18.6 Å². The number of halogens is 3. The second-order valence-electron chi connectivity index (χ2n) is 11.4. The molecule has 4 aromatic rings. The van der Waals surface area contributed by atoms with Crippen molar-refractivity contribution in [3.8, 4) is 11.3 Å². The van der Waals surface area contributed by atoms with Crippen molar-refractivity contribution in [2.45, 2.75) is 44.6 Å². The van der Waals surface area contributed by atoms with Crippen LogP contribution < -0.4 is 15.4 Å². The number of nitrogens with two attached hydrogens (primary N) is 1. The number of hydrogen-bond acceptors (Lipinski definition) is 9. The molecule has 0 aliphatic carbocycles. The van der Waals surface area contributed by atoms with Crippen LogP contribution in [0, 0.1) is 17.5 Å². The molecular formula is C33H32F3N7O3S. The molecule has 244 valence electrons. The van der Waals surface area contributed by atoms with Crippen LogP contribution in [-0.4, -0.2) is 55.4 Å². The first-order valence-electron chi connectivity index (χ1n) is 15.0. The molecule has 1 fully saturated rings. The Balaban J connectivity index is 1.45. The van der Waals surface area contributed by atoms with Crippen molar-refractivity contribution in [3.63, 3.8) is 0 Å². The maximum atomic E-state index is 16.0. The van der Waals surface area contributed by atoms with E-state index in [-0.39, 0.29) is 17.3 Å². The van der Waals surface area contributed by atoms with E-state index in [2.05, 4.69) is 9.89 Å². The van der Waals surface area contributed by atoms with Crippen molar-refractivity contribution in [2.24, 2.45) is 10.7 Å². The Hall–Kier alpha value is -4.82. The van der Waals surface area contributed by atoms with Crippen molar-refractivity contribution in [1.29, 1.82) is 0 Å². The standard InChI is InChI=1S/C33H32F3N7O3S/c1-4-20-14-18(2)23(16-38-31(20)37)32-40-27-11-10-25(39-30(27)33(41-32)43-12-13-46-17-19(43)3)22-6-5-7-26(29(22)36)42-47(44,45)28-15-21(34)8-9-24(28)35/h5-11,15-16,19,42H,4,12-14,17,37H2,1-3H3/t19-/m0/s1. The van der Waals surface area contributed by atoms with E-state index < -0.39 is 38.1 Å². The zero-order valence-corrected chi connectivity index (χ0v) is 26.7. The number of aromatic nitrogens is 3. The number of nitrogens with one attached hydrogen (secondary N) is 1. The molecule has 14 heteroatoms. The van der Waals surface area contributed by atoms with Gasteiger partial charge in [0.1, 0.15) is 27.9 Å². The average Bonchev–Trinajstić information content (AvgIpc) is 3.19. The van der Waals surface area contributed by atoms with Crippen LogP contribution in [0.25, 0.3) is 27.9 Å². The molecule has 6 rings (SSSR count). The summed E-state index contributed by atoms with van der Waals surface area (Å²) >= 11 is 0. The quantitative estimate of drug-likeness (QED) is 0.247.